The molecule has 0 spiro atoms. The quantitative estimate of drug-likeness (QED) is 0.798. The van der Waals surface area contributed by atoms with Crippen molar-refractivity contribution >= 4 is 23.1 Å². The molecule has 1 fully saturated rings. The number of carbonyl (C=O) groups is 2. The Morgan fingerprint density at radius 1 is 1.00 bits per heavy atom. The van der Waals surface area contributed by atoms with Crippen LogP contribution in [0, 0.1) is 6.92 Å². The molecule has 0 atom stereocenters. The predicted molar refractivity (Wildman–Crippen MR) is 110 cm³/mol. The lowest BCUT2D eigenvalue weighted by molar-refractivity contribution is -0.131. The lowest BCUT2D eigenvalue weighted by atomic mass is 10.1. The highest BCUT2D eigenvalue weighted by Crippen LogP contribution is 2.18. The van der Waals surface area contributed by atoms with Crippen molar-refractivity contribution in [1.29, 1.82) is 0 Å². The summed E-state index contributed by atoms with van der Waals surface area (Å²) in [6, 6.07) is 15.9. The van der Waals surface area contributed by atoms with E-state index in [9.17, 15) is 9.59 Å². The third-order valence-corrected chi connectivity index (χ3v) is 4.94. The maximum atomic E-state index is 12.5. The summed E-state index contributed by atoms with van der Waals surface area (Å²) in [6.45, 7) is 7.46. The molecule has 0 bridgehead atoms. The van der Waals surface area contributed by atoms with Gasteiger partial charge in [-0.05, 0) is 43.7 Å². The Bertz CT molecular complexity index is 811. The Morgan fingerprint density at radius 2 is 1.74 bits per heavy atom. The first-order valence-electron chi connectivity index (χ1n) is 9.47. The molecule has 0 saturated carbocycles. The van der Waals surface area contributed by atoms with Crippen LogP contribution in [0.3, 0.4) is 0 Å². The molecular formula is C22H27N3O2. The zero-order chi connectivity index (χ0) is 19.2. The minimum absolute atomic E-state index is 0.0428. The first-order valence-corrected chi connectivity index (χ1v) is 9.47. The van der Waals surface area contributed by atoms with Crippen molar-refractivity contribution in [3.05, 3.63) is 59.7 Å². The smallest absolute Gasteiger partial charge is 0.224 e. The van der Waals surface area contributed by atoms with E-state index in [2.05, 4.69) is 41.4 Å². The molecule has 1 saturated heterocycles. The van der Waals surface area contributed by atoms with Gasteiger partial charge in [-0.15, -0.1) is 0 Å². The Morgan fingerprint density at radius 3 is 2.44 bits per heavy atom. The van der Waals surface area contributed by atoms with Crippen LogP contribution in [0.4, 0.5) is 11.4 Å². The average molecular weight is 365 g/mol. The fourth-order valence-corrected chi connectivity index (χ4v) is 3.36. The number of aryl methyl sites for hydroxylation is 1. The minimum Gasteiger partial charge on any atom is -0.385 e. The second kappa shape index (κ2) is 8.71. The van der Waals surface area contributed by atoms with Gasteiger partial charge in [-0.2, -0.15) is 0 Å². The van der Waals surface area contributed by atoms with E-state index in [1.165, 1.54) is 11.3 Å². The molecule has 2 aromatic carbocycles. The number of piperazine rings is 1. The number of hydrogen-bond acceptors (Lipinski definition) is 4. The number of anilines is 2. The Balaban J connectivity index is 1.44. The first-order chi connectivity index (χ1) is 13.0. The van der Waals surface area contributed by atoms with Crippen molar-refractivity contribution in [2.75, 3.05) is 42.9 Å². The van der Waals surface area contributed by atoms with E-state index in [1.807, 2.05) is 23.1 Å². The molecular weight excluding hydrogens is 338 g/mol. The topological polar surface area (TPSA) is 52.7 Å². The third-order valence-electron chi connectivity index (χ3n) is 4.94. The molecule has 1 N–H and O–H groups in total. The Kier molecular flexibility index (Phi) is 6.12. The average Bonchev–Trinajstić information content (AvgIpc) is 2.68. The number of nitrogens with one attached hydrogen (secondary N) is 1. The Labute approximate surface area is 161 Å². The second-order valence-electron chi connectivity index (χ2n) is 7.02. The molecule has 0 radical (unpaired) electrons. The molecule has 1 aliphatic heterocycles. The van der Waals surface area contributed by atoms with Crippen LogP contribution in [0.1, 0.15) is 29.3 Å². The summed E-state index contributed by atoms with van der Waals surface area (Å²) in [4.78, 5) is 28.2. The largest absolute Gasteiger partial charge is 0.385 e. The molecule has 3 rings (SSSR count). The highest BCUT2D eigenvalue weighted by atomic mass is 16.2. The van der Waals surface area contributed by atoms with Crippen molar-refractivity contribution < 1.29 is 9.59 Å². The zero-order valence-electron chi connectivity index (χ0n) is 16.1. The standard InChI is InChI=1S/C22H27N3O2/c1-17-5-3-8-21(15-17)24-11-13-25(14-12-24)22(27)9-10-23-20-7-4-6-19(16-20)18(2)26/h3-8,15-16,23H,9-14H2,1-2H3. The van der Waals surface area contributed by atoms with Gasteiger partial charge in [0.1, 0.15) is 0 Å². The van der Waals surface area contributed by atoms with Crippen LogP contribution in [-0.2, 0) is 4.79 Å². The molecule has 1 aliphatic rings. The molecule has 142 valence electrons. The number of rotatable bonds is 6. The fourth-order valence-electron chi connectivity index (χ4n) is 3.36. The van der Waals surface area contributed by atoms with Crippen molar-refractivity contribution in [1.82, 2.24) is 4.90 Å². The van der Waals surface area contributed by atoms with E-state index < -0.39 is 0 Å². The molecule has 5 nitrogen and oxygen atoms in total. The monoisotopic (exact) mass is 365 g/mol. The maximum absolute atomic E-state index is 12.5. The minimum atomic E-state index is 0.0428. The van der Waals surface area contributed by atoms with Gasteiger partial charge in [0.25, 0.3) is 0 Å². The summed E-state index contributed by atoms with van der Waals surface area (Å²) < 4.78 is 0. The van der Waals surface area contributed by atoms with Crippen LogP contribution >= 0.6 is 0 Å². The summed E-state index contributed by atoms with van der Waals surface area (Å²) in [5.74, 6) is 0.218. The van der Waals surface area contributed by atoms with Crippen LogP contribution in [-0.4, -0.2) is 49.3 Å². The predicted octanol–water partition coefficient (Wildman–Crippen LogP) is 3.35. The van der Waals surface area contributed by atoms with E-state index in [4.69, 9.17) is 0 Å². The van der Waals surface area contributed by atoms with Gasteiger partial charge in [-0.3, -0.25) is 9.59 Å². The third kappa shape index (κ3) is 5.09. The summed E-state index contributed by atoms with van der Waals surface area (Å²) in [5.41, 5.74) is 4.04. The normalized spacial score (nSPS) is 14.1. The number of Topliss-reactive ketones (excluding diaryl/α,β-unsaturated/α-hetero) is 1. The van der Waals surface area contributed by atoms with Crippen molar-refractivity contribution in [2.24, 2.45) is 0 Å². The first kappa shape index (κ1) is 19.0. The molecule has 1 amide bonds. The van der Waals surface area contributed by atoms with Crippen molar-refractivity contribution in [2.45, 2.75) is 20.3 Å². The van der Waals surface area contributed by atoms with E-state index in [1.54, 1.807) is 13.0 Å². The highest BCUT2D eigenvalue weighted by Gasteiger charge is 2.20. The summed E-state index contributed by atoms with van der Waals surface area (Å²) in [5, 5.41) is 3.24. The van der Waals surface area contributed by atoms with Gasteiger partial charge in [0.05, 0.1) is 0 Å². The van der Waals surface area contributed by atoms with Crippen molar-refractivity contribution in [3.8, 4) is 0 Å². The number of carbonyl (C=O) groups excluding carboxylic acids is 2. The van der Waals surface area contributed by atoms with Gasteiger partial charge in [0, 0.05) is 56.1 Å². The van der Waals surface area contributed by atoms with Gasteiger partial charge < -0.3 is 15.1 Å². The van der Waals surface area contributed by atoms with Crippen LogP contribution < -0.4 is 10.2 Å². The Hall–Kier alpha value is -2.82. The number of benzene rings is 2. The lowest BCUT2D eigenvalue weighted by Crippen LogP contribution is -2.49. The van der Waals surface area contributed by atoms with Gasteiger partial charge in [-0.25, -0.2) is 0 Å². The zero-order valence-corrected chi connectivity index (χ0v) is 16.1. The van der Waals surface area contributed by atoms with Gasteiger partial charge >= 0.3 is 0 Å². The molecule has 0 aliphatic carbocycles. The molecule has 2 aromatic rings. The van der Waals surface area contributed by atoms with Gasteiger partial charge in [0.15, 0.2) is 5.78 Å². The number of hydrogen-bond donors (Lipinski definition) is 1. The van der Waals surface area contributed by atoms with Crippen LogP contribution in [0.25, 0.3) is 0 Å². The molecule has 0 aromatic heterocycles. The van der Waals surface area contributed by atoms with E-state index in [-0.39, 0.29) is 11.7 Å². The van der Waals surface area contributed by atoms with Crippen LogP contribution in [0.2, 0.25) is 0 Å². The summed E-state index contributed by atoms with van der Waals surface area (Å²) >= 11 is 0. The highest BCUT2D eigenvalue weighted by molar-refractivity contribution is 5.94. The maximum Gasteiger partial charge on any atom is 0.224 e. The van der Waals surface area contributed by atoms with E-state index in [0.717, 1.165) is 31.9 Å². The lowest BCUT2D eigenvalue weighted by Gasteiger charge is -2.36. The molecule has 1 heterocycles. The molecule has 27 heavy (non-hydrogen) atoms. The number of amides is 1. The fraction of sp³-hybridized carbons (Fsp3) is 0.364. The SMILES string of the molecule is CC(=O)c1cccc(NCCC(=O)N2CCN(c3cccc(C)c3)CC2)c1. The van der Waals surface area contributed by atoms with Crippen molar-refractivity contribution in [3.63, 3.8) is 0 Å². The second-order valence-corrected chi connectivity index (χ2v) is 7.02. The molecule has 0 unspecified atom stereocenters. The summed E-state index contributed by atoms with van der Waals surface area (Å²) in [6.07, 6.45) is 0.453. The summed E-state index contributed by atoms with van der Waals surface area (Å²) in [7, 11) is 0. The van der Waals surface area contributed by atoms with E-state index in [0.29, 0.717) is 18.5 Å². The van der Waals surface area contributed by atoms with Gasteiger partial charge in [-0.1, -0.05) is 24.3 Å². The van der Waals surface area contributed by atoms with E-state index >= 15 is 0 Å². The van der Waals surface area contributed by atoms with Gasteiger partial charge in [0.2, 0.25) is 5.91 Å². The molecule has 5 heteroatoms. The van der Waals surface area contributed by atoms with Crippen LogP contribution in [0.15, 0.2) is 48.5 Å². The number of nitrogens with zero attached hydrogens (tertiary/aromatic N) is 2. The van der Waals surface area contributed by atoms with Crippen LogP contribution in [0.5, 0.6) is 0 Å². The number of ketones is 1.